The Balaban J connectivity index is 2.14. The lowest BCUT2D eigenvalue weighted by Gasteiger charge is -2.08. The van der Waals surface area contributed by atoms with E-state index in [1.807, 2.05) is 59.3 Å². The van der Waals surface area contributed by atoms with Gasteiger partial charge in [0.2, 0.25) is 5.69 Å². The Kier molecular flexibility index (Phi) is 2.80. The summed E-state index contributed by atoms with van der Waals surface area (Å²) in [5.74, 6) is 0.821. The Hall–Kier alpha value is -2.55. The van der Waals surface area contributed by atoms with Crippen LogP contribution < -0.4 is 14.4 Å². The Morgan fingerprint density at radius 3 is 2.42 bits per heavy atom. The van der Waals surface area contributed by atoms with Gasteiger partial charge in [0.1, 0.15) is 5.75 Å². The molecule has 0 aliphatic carbocycles. The molecule has 0 bridgehead atoms. The molecule has 19 heavy (non-hydrogen) atoms. The molecule has 3 heteroatoms. The van der Waals surface area contributed by atoms with Gasteiger partial charge in [0.05, 0.1) is 7.11 Å². The molecule has 0 aliphatic heterocycles. The monoisotopic (exact) mass is 251 g/mol. The fourth-order valence-electron chi connectivity index (χ4n) is 2.12. The molecule has 3 rings (SSSR count). The minimum atomic E-state index is 0.0221. The van der Waals surface area contributed by atoms with Crippen LogP contribution in [0.5, 0.6) is 11.5 Å². The molecule has 0 aliphatic rings. The quantitative estimate of drug-likeness (QED) is 0.655. The first-order chi connectivity index (χ1) is 9.28. The number of methoxy groups -OCH3 is 1. The first kappa shape index (κ1) is 11.5. The summed E-state index contributed by atoms with van der Waals surface area (Å²) in [4.78, 5) is 0. The van der Waals surface area contributed by atoms with Crippen molar-refractivity contribution in [1.29, 1.82) is 0 Å². The van der Waals surface area contributed by atoms with Crippen molar-refractivity contribution in [3.8, 4) is 17.2 Å². The van der Waals surface area contributed by atoms with Crippen molar-refractivity contribution in [2.24, 2.45) is 0 Å². The molecule has 1 heterocycles. The van der Waals surface area contributed by atoms with E-state index in [-0.39, 0.29) is 5.75 Å². The molecule has 0 N–H and O–H groups in total. The zero-order chi connectivity index (χ0) is 13.2. The smallest absolute Gasteiger partial charge is 0.210 e. The van der Waals surface area contributed by atoms with Crippen LogP contribution in [0.4, 0.5) is 0 Å². The summed E-state index contributed by atoms with van der Waals surface area (Å²) in [6, 6.07) is 15.2. The Morgan fingerprint density at radius 1 is 0.947 bits per heavy atom. The molecular weight excluding hydrogens is 238 g/mol. The number of benzene rings is 2. The van der Waals surface area contributed by atoms with Gasteiger partial charge in [-0.3, -0.25) is 0 Å². The summed E-state index contributed by atoms with van der Waals surface area (Å²) in [7, 11) is 1.63. The summed E-state index contributed by atoms with van der Waals surface area (Å²) < 4.78 is 6.97. The standard InChI is InChI=1S/C16H13NO2/c1-19-14-8-6-13(7-9-14)17-10-12-4-2-3-5-15(12)16(18)11-17/h2-11H,1H3. The summed E-state index contributed by atoms with van der Waals surface area (Å²) in [6.45, 7) is 0. The van der Waals surface area contributed by atoms with Gasteiger partial charge >= 0.3 is 0 Å². The SMILES string of the molecule is COc1ccc(-[n+]2cc([O-])c3ccccc3c2)cc1. The van der Waals surface area contributed by atoms with Crippen LogP contribution in [0.2, 0.25) is 0 Å². The maximum absolute atomic E-state index is 12.1. The molecule has 0 amide bonds. The Bertz CT molecular complexity index is 720. The lowest BCUT2D eigenvalue weighted by atomic mass is 10.1. The fourth-order valence-corrected chi connectivity index (χ4v) is 2.12. The zero-order valence-electron chi connectivity index (χ0n) is 10.5. The molecular formula is C16H13NO2. The average molecular weight is 251 g/mol. The third kappa shape index (κ3) is 2.10. The van der Waals surface area contributed by atoms with E-state index in [0.29, 0.717) is 0 Å². The van der Waals surface area contributed by atoms with Gasteiger partial charge in [0.15, 0.2) is 12.4 Å². The van der Waals surface area contributed by atoms with Crippen LogP contribution in [0, 0.1) is 0 Å². The second kappa shape index (κ2) is 4.61. The first-order valence-electron chi connectivity index (χ1n) is 6.03. The van der Waals surface area contributed by atoms with Crippen LogP contribution in [-0.4, -0.2) is 7.11 Å². The van der Waals surface area contributed by atoms with E-state index in [1.54, 1.807) is 13.3 Å². The highest BCUT2D eigenvalue weighted by Gasteiger charge is 2.08. The Morgan fingerprint density at radius 2 is 1.68 bits per heavy atom. The molecule has 0 saturated carbocycles. The minimum absolute atomic E-state index is 0.0221. The molecule has 0 fully saturated rings. The van der Waals surface area contributed by atoms with Crippen LogP contribution in [0.3, 0.4) is 0 Å². The molecule has 94 valence electrons. The maximum atomic E-state index is 12.1. The van der Waals surface area contributed by atoms with Gasteiger partial charge in [-0.1, -0.05) is 18.2 Å². The largest absolute Gasteiger partial charge is 0.868 e. The maximum Gasteiger partial charge on any atom is 0.210 e. The number of fused-ring (bicyclic) bond motifs is 1. The average Bonchev–Trinajstić information content (AvgIpc) is 2.47. The highest BCUT2D eigenvalue weighted by atomic mass is 16.5. The normalized spacial score (nSPS) is 10.6. The van der Waals surface area contributed by atoms with Crippen molar-refractivity contribution in [2.45, 2.75) is 0 Å². The summed E-state index contributed by atoms with van der Waals surface area (Å²) in [5, 5.41) is 13.7. The first-order valence-corrected chi connectivity index (χ1v) is 6.03. The van der Waals surface area contributed by atoms with Crippen molar-refractivity contribution in [3.63, 3.8) is 0 Å². The highest BCUT2D eigenvalue weighted by Crippen LogP contribution is 2.20. The summed E-state index contributed by atoms with van der Waals surface area (Å²) in [5.41, 5.74) is 0.934. The van der Waals surface area contributed by atoms with Gasteiger partial charge in [0.25, 0.3) is 0 Å². The molecule has 3 aromatic rings. The zero-order valence-corrected chi connectivity index (χ0v) is 10.5. The third-order valence-electron chi connectivity index (χ3n) is 3.13. The molecule has 0 saturated heterocycles. The van der Waals surface area contributed by atoms with Crippen molar-refractivity contribution in [1.82, 2.24) is 0 Å². The van der Waals surface area contributed by atoms with Crippen LogP contribution >= 0.6 is 0 Å². The molecule has 0 atom stereocenters. The predicted molar refractivity (Wildman–Crippen MR) is 71.5 cm³/mol. The third-order valence-corrected chi connectivity index (χ3v) is 3.13. The van der Waals surface area contributed by atoms with E-state index in [4.69, 9.17) is 4.74 Å². The molecule has 0 spiro atoms. The minimum Gasteiger partial charge on any atom is -0.868 e. The van der Waals surface area contributed by atoms with Crippen molar-refractivity contribution < 1.29 is 14.4 Å². The molecule has 0 unspecified atom stereocenters. The highest BCUT2D eigenvalue weighted by molar-refractivity contribution is 5.85. The van der Waals surface area contributed by atoms with E-state index in [2.05, 4.69) is 0 Å². The molecule has 2 aromatic carbocycles. The van der Waals surface area contributed by atoms with Crippen molar-refractivity contribution in [3.05, 3.63) is 60.9 Å². The number of nitrogens with zero attached hydrogens (tertiary/aromatic N) is 1. The number of rotatable bonds is 2. The summed E-state index contributed by atoms with van der Waals surface area (Å²) >= 11 is 0. The number of hydrogen-bond acceptors (Lipinski definition) is 2. The van der Waals surface area contributed by atoms with E-state index < -0.39 is 0 Å². The van der Waals surface area contributed by atoms with Gasteiger partial charge in [-0.25, -0.2) is 0 Å². The molecule has 0 radical (unpaired) electrons. The Labute approximate surface area is 111 Å². The lowest BCUT2D eigenvalue weighted by Crippen LogP contribution is -2.30. The second-order valence-corrected chi connectivity index (χ2v) is 4.31. The van der Waals surface area contributed by atoms with E-state index in [1.165, 1.54) is 0 Å². The van der Waals surface area contributed by atoms with E-state index in [9.17, 15) is 5.11 Å². The predicted octanol–water partition coefficient (Wildman–Crippen LogP) is 2.20. The van der Waals surface area contributed by atoms with E-state index >= 15 is 0 Å². The lowest BCUT2D eigenvalue weighted by molar-refractivity contribution is -0.597. The van der Waals surface area contributed by atoms with Crippen LogP contribution in [-0.2, 0) is 0 Å². The number of pyridine rings is 1. The van der Waals surface area contributed by atoms with Crippen LogP contribution in [0.25, 0.3) is 16.5 Å². The van der Waals surface area contributed by atoms with Crippen molar-refractivity contribution >= 4 is 10.8 Å². The van der Waals surface area contributed by atoms with Gasteiger partial charge in [0, 0.05) is 17.5 Å². The van der Waals surface area contributed by atoms with Gasteiger partial charge in [-0.05, 0) is 29.3 Å². The fraction of sp³-hybridized carbons (Fsp3) is 0.0625. The van der Waals surface area contributed by atoms with Crippen LogP contribution in [0.1, 0.15) is 0 Å². The number of hydrogen-bond donors (Lipinski definition) is 0. The van der Waals surface area contributed by atoms with Crippen molar-refractivity contribution in [2.75, 3.05) is 7.11 Å². The molecule has 1 aromatic heterocycles. The molecule has 3 nitrogen and oxygen atoms in total. The second-order valence-electron chi connectivity index (χ2n) is 4.31. The topological polar surface area (TPSA) is 36.2 Å². The summed E-state index contributed by atoms with van der Waals surface area (Å²) in [6.07, 6.45) is 3.56. The van der Waals surface area contributed by atoms with Gasteiger partial charge in [-0.15, -0.1) is 0 Å². The van der Waals surface area contributed by atoms with Gasteiger partial charge < -0.3 is 9.84 Å². The number of ether oxygens (including phenoxy) is 1. The van der Waals surface area contributed by atoms with E-state index in [0.717, 1.165) is 22.2 Å². The number of aromatic nitrogens is 1. The van der Waals surface area contributed by atoms with Crippen LogP contribution in [0.15, 0.2) is 60.9 Å². The van der Waals surface area contributed by atoms with Gasteiger partial charge in [-0.2, -0.15) is 4.57 Å².